The monoisotopic (exact) mass is 267 g/mol. The van der Waals surface area contributed by atoms with Gasteiger partial charge in [0.1, 0.15) is 0 Å². The maximum Gasteiger partial charge on any atom is 0.0831 e. The number of thiol groups is 1. The molecule has 0 aliphatic heterocycles. The molecule has 19 heavy (non-hydrogen) atoms. The predicted octanol–water partition coefficient (Wildman–Crippen LogP) is 3.28. The van der Waals surface area contributed by atoms with Gasteiger partial charge in [-0.25, -0.2) is 0 Å². The standard InChI is InChI=1S/C15H13N3S/c19-15-8-2-1-6-13(15)14-7-3-5-12(17-14)11-18-10-4-9-16-18/h1-10,19H,11H2. The molecular weight excluding hydrogens is 254 g/mol. The third kappa shape index (κ3) is 2.69. The highest BCUT2D eigenvalue weighted by atomic mass is 32.1. The second-order valence-corrected chi connectivity index (χ2v) is 4.72. The smallest absolute Gasteiger partial charge is 0.0831 e. The maximum atomic E-state index is 4.67. The van der Waals surface area contributed by atoms with Gasteiger partial charge in [0.2, 0.25) is 0 Å². The van der Waals surface area contributed by atoms with Gasteiger partial charge in [-0.05, 0) is 24.3 Å². The van der Waals surface area contributed by atoms with E-state index in [1.165, 1.54) is 0 Å². The van der Waals surface area contributed by atoms with Gasteiger partial charge in [0.05, 0.1) is 17.9 Å². The minimum absolute atomic E-state index is 0.676. The minimum atomic E-state index is 0.676. The zero-order chi connectivity index (χ0) is 13.1. The normalized spacial score (nSPS) is 10.6. The Hall–Kier alpha value is -2.07. The molecule has 3 rings (SSSR count). The fraction of sp³-hybridized carbons (Fsp3) is 0.0667. The third-order valence-corrected chi connectivity index (χ3v) is 3.26. The first-order chi connectivity index (χ1) is 9.33. The lowest BCUT2D eigenvalue weighted by Crippen LogP contribution is -2.02. The van der Waals surface area contributed by atoms with Gasteiger partial charge in [-0.3, -0.25) is 9.67 Å². The van der Waals surface area contributed by atoms with Crippen molar-refractivity contribution in [1.82, 2.24) is 14.8 Å². The topological polar surface area (TPSA) is 30.7 Å². The van der Waals surface area contributed by atoms with E-state index in [1.807, 2.05) is 59.4 Å². The number of hydrogen-bond donors (Lipinski definition) is 1. The van der Waals surface area contributed by atoms with Crippen LogP contribution in [-0.4, -0.2) is 14.8 Å². The van der Waals surface area contributed by atoms with Crippen LogP contribution in [0.4, 0.5) is 0 Å². The maximum absolute atomic E-state index is 4.67. The molecular formula is C15H13N3S. The van der Waals surface area contributed by atoms with Crippen LogP contribution in [-0.2, 0) is 6.54 Å². The molecule has 0 amide bonds. The van der Waals surface area contributed by atoms with Crippen molar-refractivity contribution >= 4 is 12.6 Å². The Morgan fingerprint density at radius 2 is 1.89 bits per heavy atom. The summed E-state index contributed by atoms with van der Waals surface area (Å²) in [5.41, 5.74) is 2.97. The van der Waals surface area contributed by atoms with E-state index in [1.54, 1.807) is 6.20 Å². The van der Waals surface area contributed by atoms with E-state index < -0.39 is 0 Å². The highest BCUT2D eigenvalue weighted by Crippen LogP contribution is 2.24. The fourth-order valence-corrected chi connectivity index (χ4v) is 2.24. The van der Waals surface area contributed by atoms with E-state index in [4.69, 9.17) is 0 Å². The molecule has 0 saturated carbocycles. The van der Waals surface area contributed by atoms with Crippen LogP contribution in [0.5, 0.6) is 0 Å². The number of aromatic nitrogens is 3. The highest BCUT2D eigenvalue weighted by molar-refractivity contribution is 7.80. The molecule has 2 aromatic heterocycles. The Balaban J connectivity index is 1.94. The fourth-order valence-electron chi connectivity index (χ4n) is 1.97. The van der Waals surface area contributed by atoms with Crippen molar-refractivity contribution in [2.75, 3.05) is 0 Å². The first-order valence-electron chi connectivity index (χ1n) is 6.05. The van der Waals surface area contributed by atoms with Gasteiger partial charge in [0, 0.05) is 22.9 Å². The minimum Gasteiger partial charge on any atom is -0.267 e. The van der Waals surface area contributed by atoms with E-state index in [-0.39, 0.29) is 0 Å². The highest BCUT2D eigenvalue weighted by Gasteiger charge is 2.04. The largest absolute Gasteiger partial charge is 0.267 e. The molecule has 2 heterocycles. The van der Waals surface area contributed by atoms with Crippen LogP contribution in [0.1, 0.15) is 5.69 Å². The van der Waals surface area contributed by atoms with Crippen molar-refractivity contribution in [3.63, 3.8) is 0 Å². The Bertz CT molecular complexity index is 677. The molecule has 0 aliphatic rings. The summed E-state index contributed by atoms with van der Waals surface area (Å²) in [5.74, 6) is 0. The summed E-state index contributed by atoms with van der Waals surface area (Å²) in [5, 5.41) is 4.19. The summed E-state index contributed by atoms with van der Waals surface area (Å²) in [7, 11) is 0. The number of hydrogen-bond acceptors (Lipinski definition) is 3. The summed E-state index contributed by atoms with van der Waals surface area (Å²) in [6, 6.07) is 15.9. The van der Waals surface area contributed by atoms with Crippen LogP contribution in [0.3, 0.4) is 0 Å². The zero-order valence-corrected chi connectivity index (χ0v) is 11.2. The van der Waals surface area contributed by atoms with Crippen LogP contribution in [0.15, 0.2) is 65.8 Å². The Morgan fingerprint density at radius 3 is 2.68 bits per heavy atom. The summed E-state index contributed by atoms with van der Waals surface area (Å²) in [6.45, 7) is 0.676. The summed E-state index contributed by atoms with van der Waals surface area (Å²) >= 11 is 4.48. The zero-order valence-electron chi connectivity index (χ0n) is 10.3. The average Bonchev–Trinajstić information content (AvgIpc) is 2.92. The van der Waals surface area contributed by atoms with E-state index in [0.29, 0.717) is 6.54 Å². The second-order valence-electron chi connectivity index (χ2n) is 4.23. The molecule has 0 saturated heterocycles. The van der Waals surface area contributed by atoms with Gasteiger partial charge in [-0.2, -0.15) is 5.10 Å². The molecule has 3 nitrogen and oxygen atoms in total. The molecule has 0 atom stereocenters. The van der Waals surface area contributed by atoms with Crippen molar-refractivity contribution in [1.29, 1.82) is 0 Å². The molecule has 0 fully saturated rings. The van der Waals surface area contributed by atoms with Crippen LogP contribution < -0.4 is 0 Å². The van der Waals surface area contributed by atoms with E-state index in [0.717, 1.165) is 21.8 Å². The van der Waals surface area contributed by atoms with Gasteiger partial charge < -0.3 is 0 Å². The molecule has 0 radical (unpaired) electrons. The lowest BCUT2D eigenvalue weighted by Gasteiger charge is -2.07. The average molecular weight is 267 g/mol. The molecule has 0 unspecified atom stereocenters. The Kier molecular flexibility index (Phi) is 3.33. The molecule has 0 aliphatic carbocycles. The van der Waals surface area contributed by atoms with Crippen molar-refractivity contribution in [3.05, 3.63) is 66.6 Å². The summed E-state index contributed by atoms with van der Waals surface area (Å²) < 4.78 is 1.86. The number of rotatable bonds is 3. The van der Waals surface area contributed by atoms with Crippen LogP contribution >= 0.6 is 12.6 Å². The van der Waals surface area contributed by atoms with E-state index >= 15 is 0 Å². The number of pyridine rings is 1. The SMILES string of the molecule is Sc1ccccc1-c1cccc(Cn2cccn2)n1. The molecule has 0 N–H and O–H groups in total. The quantitative estimate of drug-likeness (QED) is 0.738. The van der Waals surface area contributed by atoms with Crippen molar-refractivity contribution in [2.24, 2.45) is 0 Å². The third-order valence-electron chi connectivity index (χ3n) is 2.87. The first-order valence-corrected chi connectivity index (χ1v) is 6.49. The van der Waals surface area contributed by atoms with Gasteiger partial charge in [-0.1, -0.05) is 24.3 Å². The molecule has 94 valence electrons. The Labute approximate surface area is 117 Å². The molecule has 0 spiro atoms. The summed E-state index contributed by atoms with van der Waals surface area (Å²) in [6.07, 6.45) is 3.70. The van der Waals surface area contributed by atoms with Crippen molar-refractivity contribution in [3.8, 4) is 11.3 Å². The van der Waals surface area contributed by atoms with Gasteiger partial charge >= 0.3 is 0 Å². The lowest BCUT2D eigenvalue weighted by atomic mass is 10.1. The summed E-state index contributed by atoms with van der Waals surface area (Å²) in [4.78, 5) is 5.61. The van der Waals surface area contributed by atoms with Crippen LogP contribution in [0, 0.1) is 0 Å². The molecule has 1 aromatic carbocycles. The van der Waals surface area contributed by atoms with E-state index in [9.17, 15) is 0 Å². The second kappa shape index (κ2) is 5.28. The predicted molar refractivity (Wildman–Crippen MR) is 78.3 cm³/mol. The number of nitrogens with zero attached hydrogens (tertiary/aromatic N) is 3. The van der Waals surface area contributed by atoms with Crippen molar-refractivity contribution in [2.45, 2.75) is 11.4 Å². The first kappa shape index (κ1) is 12.0. The molecule has 0 bridgehead atoms. The lowest BCUT2D eigenvalue weighted by molar-refractivity contribution is 0.673. The van der Waals surface area contributed by atoms with Gasteiger partial charge in [-0.15, -0.1) is 12.6 Å². The molecule has 3 aromatic rings. The van der Waals surface area contributed by atoms with Crippen LogP contribution in [0.2, 0.25) is 0 Å². The number of benzene rings is 1. The van der Waals surface area contributed by atoms with Gasteiger partial charge in [0.15, 0.2) is 0 Å². The van der Waals surface area contributed by atoms with Crippen LogP contribution in [0.25, 0.3) is 11.3 Å². The van der Waals surface area contributed by atoms with E-state index in [2.05, 4.69) is 22.7 Å². The Morgan fingerprint density at radius 1 is 1.00 bits per heavy atom. The van der Waals surface area contributed by atoms with Gasteiger partial charge in [0.25, 0.3) is 0 Å². The molecule has 4 heteroatoms. The van der Waals surface area contributed by atoms with Crippen molar-refractivity contribution < 1.29 is 0 Å².